The first-order valence-electron chi connectivity index (χ1n) is 7.03. The number of hydrogen-bond donors (Lipinski definition) is 2. The summed E-state index contributed by atoms with van der Waals surface area (Å²) in [5, 5.41) is 8.03. The molecule has 3 aromatic heterocycles. The number of nitrogens with two attached hydrogens (primary N) is 1. The molecule has 0 atom stereocenters. The Morgan fingerprint density at radius 3 is 2.46 bits per heavy atom. The number of anilines is 1. The van der Waals surface area contributed by atoms with Gasteiger partial charge < -0.3 is 15.2 Å². The molecule has 0 bridgehead atoms. The largest absolute Gasteiger partial charge is 0.512 e. The molecular weight excluding hydrogens is 392 g/mol. The molecule has 0 spiro atoms. The summed E-state index contributed by atoms with van der Waals surface area (Å²) in [4.78, 5) is 8.07. The highest BCUT2D eigenvalue weighted by atomic mass is 79.9. The van der Waals surface area contributed by atoms with E-state index in [9.17, 15) is 0 Å². The molecule has 3 rings (SSSR count). The van der Waals surface area contributed by atoms with Crippen molar-refractivity contribution in [1.29, 1.82) is 0 Å². The molecule has 0 aliphatic carbocycles. The molecule has 3 N–H and O–H groups in total. The van der Waals surface area contributed by atoms with Gasteiger partial charge in [0.25, 0.3) is 0 Å². The lowest BCUT2D eigenvalue weighted by molar-refractivity contribution is 0.419. The normalized spacial score (nSPS) is 9.50. The van der Waals surface area contributed by atoms with Crippen LogP contribution in [0.5, 0.6) is 0 Å². The number of rotatable bonds is 1. The first-order chi connectivity index (χ1) is 11.3. The van der Waals surface area contributed by atoms with Crippen LogP contribution in [0.2, 0.25) is 0 Å². The average Bonchev–Trinajstić information content (AvgIpc) is 2.87. The van der Waals surface area contributed by atoms with Crippen LogP contribution >= 0.6 is 27.5 Å². The predicted octanol–water partition coefficient (Wildman–Crippen LogP) is 4.67. The van der Waals surface area contributed by atoms with Gasteiger partial charge in [0.2, 0.25) is 0 Å². The smallest absolute Gasteiger partial charge is 0.138 e. The quantitative estimate of drug-likeness (QED) is 0.450. The number of aliphatic hydroxyl groups excluding tert-OH is 1. The lowest BCUT2D eigenvalue weighted by atomic mass is 10.3. The highest BCUT2D eigenvalue weighted by molar-refractivity contribution is 9.10. The van der Waals surface area contributed by atoms with Gasteiger partial charge in [0.1, 0.15) is 16.1 Å². The highest BCUT2D eigenvalue weighted by Crippen LogP contribution is 2.11. The highest BCUT2D eigenvalue weighted by Gasteiger charge is 1.96. The van der Waals surface area contributed by atoms with Crippen LogP contribution in [-0.2, 0) is 0 Å². The first-order valence-corrected chi connectivity index (χ1v) is 8.36. The Bertz CT molecular complexity index is 787. The Hall–Kier alpha value is -2.05. The number of hydrogen-bond acceptors (Lipinski definition) is 4. The van der Waals surface area contributed by atoms with Gasteiger partial charge in [-0.2, -0.15) is 0 Å². The zero-order valence-electron chi connectivity index (χ0n) is 13.6. The average molecular weight is 412 g/mol. The monoisotopic (exact) mass is 410 g/mol. The number of alkyl halides is 1. The van der Waals surface area contributed by atoms with Crippen LogP contribution in [0.4, 0.5) is 5.82 Å². The molecule has 5 nitrogen and oxygen atoms in total. The van der Waals surface area contributed by atoms with Crippen LogP contribution in [0.15, 0.2) is 59.8 Å². The van der Waals surface area contributed by atoms with E-state index < -0.39 is 0 Å². The number of aliphatic hydroxyl groups is 1. The molecule has 0 aliphatic rings. The van der Waals surface area contributed by atoms with Crippen molar-refractivity contribution in [2.75, 3.05) is 11.6 Å². The SMILES string of the molecule is C=C(O)CCl.Cc1ccn2cc(Br)nc2c1.Cc1ccnc(N)c1. The van der Waals surface area contributed by atoms with Crippen molar-refractivity contribution in [2.24, 2.45) is 0 Å². The van der Waals surface area contributed by atoms with Crippen molar-refractivity contribution in [2.45, 2.75) is 13.8 Å². The molecule has 0 saturated heterocycles. The van der Waals surface area contributed by atoms with Crippen LogP contribution in [0.25, 0.3) is 5.65 Å². The summed E-state index contributed by atoms with van der Waals surface area (Å²) in [5.41, 5.74) is 8.71. The zero-order valence-corrected chi connectivity index (χ0v) is 15.9. The summed E-state index contributed by atoms with van der Waals surface area (Å²) in [6, 6.07) is 7.85. The zero-order chi connectivity index (χ0) is 18.1. The number of imidazole rings is 1. The van der Waals surface area contributed by atoms with Crippen LogP contribution < -0.4 is 5.73 Å². The molecule has 0 unspecified atom stereocenters. The van der Waals surface area contributed by atoms with Crippen LogP contribution in [0, 0.1) is 13.8 Å². The first kappa shape index (κ1) is 20.0. The number of allylic oxidation sites excluding steroid dienone is 1. The maximum Gasteiger partial charge on any atom is 0.138 e. The number of aryl methyl sites for hydroxylation is 2. The lowest BCUT2D eigenvalue weighted by Crippen LogP contribution is -1.87. The maximum absolute atomic E-state index is 8.03. The summed E-state index contributed by atoms with van der Waals surface area (Å²) >= 11 is 8.30. The van der Waals surface area contributed by atoms with Gasteiger partial charge >= 0.3 is 0 Å². The Kier molecular flexibility index (Phi) is 8.29. The van der Waals surface area contributed by atoms with Crippen LogP contribution in [0.1, 0.15) is 11.1 Å². The van der Waals surface area contributed by atoms with Gasteiger partial charge in [-0.15, -0.1) is 11.6 Å². The Labute approximate surface area is 154 Å². The summed E-state index contributed by atoms with van der Waals surface area (Å²) in [6.07, 6.45) is 5.64. The molecule has 0 aromatic carbocycles. The van der Waals surface area contributed by atoms with E-state index in [1.807, 2.05) is 41.9 Å². The number of fused-ring (bicyclic) bond motifs is 1. The molecule has 0 radical (unpaired) electrons. The lowest BCUT2D eigenvalue weighted by Gasteiger charge is -1.92. The standard InChI is InChI=1S/C8H7BrN2.C6H8N2.C3H5ClO/c1-6-2-3-11-5-7(9)10-8(11)4-6;1-5-2-3-8-6(7)4-5;1-3(5)2-4/h2-5H,1H3;2-4H,1H3,(H2,7,8);5H,1-2H2. The molecule has 0 aliphatic heterocycles. The Morgan fingerprint density at radius 1 is 1.33 bits per heavy atom. The summed E-state index contributed by atoms with van der Waals surface area (Å²) in [6.45, 7) is 7.14. The summed E-state index contributed by atoms with van der Waals surface area (Å²) in [7, 11) is 0. The van der Waals surface area contributed by atoms with E-state index in [0.717, 1.165) is 15.8 Å². The third-order valence-corrected chi connectivity index (χ3v) is 3.37. The van der Waals surface area contributed by atoms with E-state index >= 15 is 0 Å². The van der Waals surface area contributed by atoms with E-state index in [2.05, 4.69) is 45.5 Å². The van der Waals surface area contributed by atoms with Gasteiger partial charge in [-0.3, -0.25) is 0 Å². The minimum Gasteiger partial charge on any atom is -0.512 e. The fourth-order valence-electron chi connectivity index (χ4n) is 1.61. The Balaban J connectivity index is 0.000000196. The minimum absolute atomic E-state index is 0.0201. The third-order valence-electron chi connectivity index (χ3n) is 2.68. The van der Waals surface area contributed by atoms with Crippen molar-refractivity contribution in [3.63, 3.8) is 0 Å². The van der Waals surface area contributed by atoms with E-state index in [1.54, 1.807) is 6.20 Å². The van der Waals surface area contributed by atoms with Crippen LogP contribution in [0.3, 0.4) is 0 Å². The van der Waals surface area contributed by atoms with E-state index in [1.165, 1.54) is 5.56 Å². The maximum atomic E-state index is 8.03. The topological polar surface area (TPSA) is 76.4 Å². The van der Waals surface area contributed by atoms with E-state index in [-0.39, 0.29) is 11.6 Å². The Morgan fingerprint density at radius 2 is 1.96 bits per heavy atom. The van der Waals surface area contributed by atoms with Gasteiger partial charge in [0.15, 0.2) is 0 Å². The fourth-order valence-corrected chi connectivity index (χ4v) is 2.01. The van der Waals surface area contributed by atoms with Gasteiger partial charge in [0, 0.05) is 18.6 Å². The second kappa shape index (κ2) is 9.95. The third kappa shape index (κ3) is 7.48. The van der Waals surface area contributed by atoms with Crippen molar-refractivity contribution in [3.05, 3.63) is 70.9 Å². The molecule has 0 amide bonds. The molecule has 24 heavy (non-hydrogen) atoms. The van der Waals surface area contributed by atoms with Crippen molar-refractivity contribution >= 4 is 39.0 Å². The summed E-state index contributed by atoms with van der Waals surface area (Å²) < 4.78 is 2.86. The number of nitrogens with zero attached hydrogens (tertiary/aromatic N) is 3. The number of aromatic nitrogens is 3. The van der Waals surface area contributed by atoms with E-state index in [4.69, 9.17) is 22.4 Å². The molecule has 0 saturated carbocycles. The second-order valence-corrected chi connectivity index (χ2v) is 6.07. The molecular formula is C17H20BrClN4O. The number of pyridine rings is 2. The van der Waals surface area contributed by atoms with Gasteiger partial charge in [-0.25, -0.2) is 9.97 Å². The molecule has 3 heterocycles. The molecule has 128 valence electrons. The van der Waals surface area contributed by atoms with Crippen molar-refractivity contribution in [3.8, 4) is 0 Å². The van der Waals surface area contributed by atoms with Crippen molar-refractivity contribution in [1.82, 2.24) is 14.4 Å². The molecule has 7 heteroatoms. The molecule has 0 fully saturated rings. The van der Waals surface area contributed by atoms with Gasteiger partial charge in [0.05, 0.1) is 11.6 Å². The van der Waals surface area contributed by atoms with Gasteiger partial charge in [-0.1, -0.05) is 6.58 Å². The minimum atomic E-state index is 0.0201. The summed E-state index contributed by atoms with van der Waals surface area (Å²) in [5.74, 6) is 0.747. The fraction of sp³-hybridized carbons (Fsp3) is 0.176. The van der Waals surface area contributed by atoms with E-state index in [0.29, 0.717) is 5.82 Å². The number of nitrogen functional groups attached to an aromatic ring is 1. The number of halogens is 2. The predicted molar refractivity (Wildman–Crippen MR) is 104 cm³/mol. The van der Waals surface area contributed by atoms with Gasteiger partial charge in [-0.05, 0) is 65.2 Å². The second-order valence-electron chi connectivity index (χ2n) is 4.99. The molecule has 3 aromatic rings. The van der Waals surface area contributed by atoms with Crippen molar-refractivity contribution < 1.29 is 5.11 Å². The van der Waals surface area contributed by atoms with Crippen LogP contribution in [-0.4, -0.2) is 25.4 Å².